The molecule has 8 aliphatic carbocycles. The van der Waals surface area contributed by atoms with Gasteiger partial charge in [0.05, 0.1) is 14.2 Å². The van der Waals surface area contributed by atoms with E-state index in [2.05, 4.69) is 41.5 Å². The Balaban J connectivity index is 0.810. The molecule has 0 aromatic carbocycles. The number of carbonyl (C=O) groups is 4. The van der Waals surface area contributed by atoms with Crippen molar-refractivity contribution in [3.63, 3.8) is 0 Å². The zero-order chi connectivity index (χ0) is 42.8. The molecule has 8 heteroatoms. The van der Waals surface area contributed by atoms with Gasteiger partial charge in [-0.15, -0.1) is 0 Å². The molecule has 0 amide bonds. The summed E-state index contributed by atoms with van der Waals surface area (Å²) >= 11 is 0. The number of methoxy groups -OCH3 is 2. The molecular formula is C52H82O8. The smallest absolute Gasteiger partial charge is 0.417 e. The lowest BCUT2D eigenvalue weighted by atomic mass is 9.44. The summed E-state index contributed by atoms with van der Waals surface area (Å²) in [5.74, 6) is 6.23. The maximum absolute atomic E-state index is 13.4. The molecule has 18 atom stereocenters. The van der Waals surface area contributed by atoms with Crippen LogP contribution in [0.4, 0.5) is 0 Å². The van der Waals surface area contributed by atoms with E-state index < -0.39 is 11.9 Å². The summed E-state index contributed by atoms with van der Waals surface area (Å²) in [5.41, 5.74) is 1.23. The predicted molar refractivity (Wildman–Crippen MR) is 231 cm³/mol. The topological polar surface area (TPSA) is 105 Å². The molecule has 0 spiro atoms. The SMILES string of the molecule is COC(=O)CC[C@@H](C)[C@H]1CC[C@H]2[C@@H]3CC[C@@H]4C[C@H](OC(=O)C(=O)O[C@@H]5CC[C@@]6(C)[C@H](CC[C@@H]7[C@@H]6CC[C@]6(C)[C@@H]([C@H](C)CCC(=O)OC)CC[C@@H]76)C5)CC[C@]4(C)[C@H]3CC[C@]12C. The maximum atomic E-state index is 13.4. The van der Waals surface area contributed by atoms with Gasteiger partial charge in [0.2, 0.25) is 0 Å². The first-order valence-electron chi connectivity index (χ1n) is 25.1. The lowest BCUT2D eigenvalue weighted by Crippen LogP contribution is -2.54. The van der Waals surface area contributed by atoms with Gasteiger partial charge in [-0.25, -0.2) is 9.59 Å². The average molecular weight is 835 g/mol. The molecule has 0 aromatic heterocycles. The Morgan fingerprint density at radius 1 is 0.483 bits per heavy atom. The Labute approximate surface area is 362 Å². The standard InChI is InChI=1S/C52H82O8/c1-31(9-19-45(53)57-7)39-15-17-41-37-13-11-33-29-35(21-25-49(33,3)43(37)23-27-51(39,41)5)59-47(55)48(56)60-36-22-26-50(4)34(30-36)12-14-38-42-18-16-40(32(2)10-20-46(54)58-8)52(42,6)28-24-44(38)50/h31-44H,9-30H2,1-8H3/t31-,32-,33-,34-,35-,36-,37+,38+,39-,40-,41+,42+,43+,44+,49+,50+,51-,52-/m1/s1. The minimum Gasteiger partial charge on any atom is -0.469 e. The number of ether oxygens (including phenoxy) is 4. The molecule has 8 fully saturated rings. The number of hydrogen-bond donors (Lipinski definition) is 0. The van der Waals surface area contributed by atoms with Crippen LogP contribution in [-0.4, -0.2) is 50.3 Å². The van der Waals surface area contributed by atoms with Gasteiger partial charge in [-0.3, -0.25) is 9.59 Å². The first kappa shape index (κ1) is 44.5. The summed E-state index contributed by atoms with van der Waals surface area (Å²) < 4.78 is 22.0. The molecule has 0 unspecified atom stereocenters. The maximum Gasteiger partial charge on any atom is 0.417 e. The third kappa shape index (κ3) is 7.70. The van der Waals surface area contributed by atoms with Gasteiger partial charge in [0.25, 0.3) is 0 Å². The molecule has 8 saturated carbocycles. The normalized spacial score (nSPS) is 46.5. The average Bonchev–Trinajstić information content (AvgIpc) is 3.78. The highest BCUT2D eigenvalue weighted by molar-refractivity contribution is 6.29. The van der Waals surface area contributed by atoms with E-state index in [0.717, 1.165) is 75.0 Å². The van der Waals surface area contributed by atoms with Gasteiger partial charge >= 0.3 is 23.9 Å². The van der Waals surface area contributed by atoms with Crippen molar-refractivity contribution >= 4 is 23.9 Å². The van der Waals surface area contributed by atoms with Crippen LogP contribution in [0, 0.1) is 92.7 Å². The van der Waals surface area contributed by atoms with Crippen LogP contribution in [0.3, 0.4) is 0 Å². The highest BCUT2D eigenvalue weighted by atomic mass is 16.6. The van der Waals surface area contributed by atoms with E-state index in [1.165, 1.54) is 91.3 Å². The molecule has 0 heterocycles. The molecule has 0 bridgehead atoms. The van der Waals surface area contributed by atoms with Gasteiger partial charge < -0.3 is 18.9 Å². The minimum atomic E-state index is -0.774. The second-order valence-corrected chi connectivity index (χ2v) is 23.6. The Kier molecular flexibility index (Phi) is 12.7. The molecule has 338 valence electrons. The molecule has 8 aliphatic rings. The van der Waals surface area contributed by atoms with Crippen LogP contribution >= 0.6 is 0 Å². The lowest BCUT2D eigenvalue weighted by Gasteiger charge is -2.61. The quantitative estimate of drug-likeness (QED) is 0.122. The molecule has 60 heavy (non-hydrogen) atoms. The highest BCUT2D eigenvalue weighted by Gasteiger charge is 2.63. The van der Waals surface area contributed by atoms with E-state index in [4.69, 9.17) is 18.9 Å². The highest BCUT2D eigenvalue weighted by Crippen LogP contribution is 2.70. The second kappa shape index (κ2) is 17.1. The molecule has 0 N–H and O–H groups in total. The number of carbonyl (C=O) groups excluding carboxylic acids is 4. The lowest BCUT2D eigenvalue weighted by molar-refractivity contribution is -0.184. The van der Waals surface area contributed by atoms with E-state index in [0.29, 0.717) is 71.0 Å². The van der Waals surface area contributed by atoms with Gasteiger partial charge in [-0.05, 0) is 221 Å². The monoisotopic (exact) mass is 835 g/mol. The van der Waals surface area contributed by atoms with Crippen LogP contribution in [0.25, 0.3) is 0 Å². The van der Waals surface area contributed by atoms with E-state index in [1.807, 2.05) is 0 Å². The number of esters is 4. The molecule has 8 rings (SSSR count). The van der Waals surface area contributed by atoms with E-state index in [-0.39, 0.29) is 35.0 Å². The van der Waals surface area contributed by atoms with Crippen LogP contribution in [0.1, 0.15) is 183 Å². The Bertz CT molecular complexity index is 1490. The number of rotatable bonds is 10. The fraction of sp³-hybridized carbons (Fsp3) is 0.923. The third-order valence-corrected chi connectivity index (χ3v) is 21.5. The summed E-state index contributed by atoms with van der Waals surface area (Å²) in [6.45, 7) is 15.0. The molecular weight excluding hydrogens is 753 g/mol. The van der Waals surface area contributed by atoms with Crippen molar-refractivity contribution < 1.29 is 38.1 Å². The molecule has 0 saturated heterocycles. The fourth-order valence-corrected chi connectivity index (χ4v) is 18.3. The van der Waals surface area contributed by atoms with Gasteiger partial charge in [0.1, 0.15) is 12.2 Å². The van der Waals surface area contributed by atoms with Crippen LogP contribution in [0.15, 0.2) is 0 Å². The van der Waals surface area contributed by atoms with Crippen molar-refractivity contribution in [2.24, 2.45) is 92.7 Å². The van der Waals surface area contributed by atoms with Gasteiger partial charge in [-0.2, -0.15) is 0 Å². The van der Waals surface area contributed by atoms with Crippen LogP contribution < -0.4 is 0 Å². The van der Waals surface area contributed by atoms with Crippen LogP contribution in [-0.2, 0) is 38.1 Å². The Hall–Kier alpha value is -2.12. The van der Waals surface area contributed by atoms with Crippen molar-refractivity contribution in [3.8, 4) is 0 Å². The summed E-state index contributed by atoms with van der Waals surface area (Å²) in [4.78, 5) is 50.6. The molecule has 0 radical (unpaired) electrons. The number of hydrogen-bond acceptors (Lipinski definition) is 8. The van der Waals surface area contributed by atoms with Crippen molar-refractivity contribution in [2.45, 2.75) is 195 Å². The van der Waals surface area contributed by atoms with E-state index in [9.17, 15) is 19.2 Å². The molecule has 8 nitrogen and oxygen atoms in total. The van der Waals surface area contributed by atoms with Crippen molar-refractivity contribution in [2.75, 3.05) is 14.2 Å². The largest absolute Gasteiger partial charge is 0.469 e. The van der Waals surface area contributed by atoms with Gasteiger partial charge in [-0.1, -0.05) is 41.5 Å². The third-order valence-electron chi connectivity index (χ3n) is 21.5. The minimum absolute atomic E-state index is 0.0870. The molecule has 0 aliphatic heterocycles. The summed E-state index contributed by atoms with van der Waals surface area (Å²) in [7, 11) is 2.99. The second-order valence-electron chi connectivity index (χ2n) is 23.6. The first-order chi connectivity index (χ1) is 28.5. The first-order valence-corrected chi connectivity index (χ1v) is 25.1. The Morgan fingerprint density at radius 2 is 0.850 bits per heavy atom. The fourth-order valence-electron chi connectivity index (χ4n) is 18.3. The predicted octanol–water partition coefficient (Wildman–Crippen LogP) is 11.3. The van der Waals surface area contributed by atoms with Crippen molar-refractivity contribution in [1.29, 1.82) is 0 Å². The van der Waals surface area contributed by atoms with Gasteiger partial charge in [0.15, 0.2) is 0 Å². The van der Waals surface area contributed by atoms with E-state index in [1.54, 1.807) is 0 Å². The van der Waals surface area contributed by atoms with Crippen LogP contribution in [0.2, 0.25) is 0 Å². The number of fused-ring (bicyclic) bond motifs is 10. The summed E-state index contributed by atoms with van der Waals surface area (Å²) in [5, 5.41) is 0. The zero-order valence-corrected chi connectivity index (χ0v) is 38.9. The van der Waals surface area contributed by atoms with Crippen LogP contribution in [0.5, 0.6) is 0 Å². The zero-order valence-electron chi connectivity index (χ0n) is 38.9. The van der Waals surface area contributed by atoms with Crippen molar-refractivity contribution in [1.82, 2.24) is 0 Å². The molecule has 0 aromatic rings. The van der Waals surface area contributed by atoms with Crippen molar-refractivity contribution in [3.05, 3.63) is 0 Å². The summed E-state index contributed by atoms with van der Waals surface area (Å²) in [6.07, 6.45) is 23.3. The summed E-state index contributed by atoms with van der Waals surface area (Å²) in [6, 6.07) is 0. The van der Waals surface area contributed by atoms with E-state index >= 15 is 0 Å². The van der Waals surface area contributed by atoms with Gasteiger partial charge in [0, 0.05) is 12.8 Å². The Morgan fingerprint density at radius 3 is 1.23 bits per heavy atom.